The summed E-state index contributed by atoms with van der Waals surface area (Å²) in [5, 5.41) is 4.57. The molecule has 0 fully saturated rings. The van der Waals surface area contributed by atoms with E-state index in [4.69, 9.17) is 27.7 Å². The molecule has 0 radical (unpaired) electrons. The number of benzene rings is 1. The summed E-state index contributed by atoms with van der Waals surface area (Å²) >= 11 is 11.9. The molecule has 2 aromatic heterocycles. The molecule has 0 bridgehead atoms. The van der Waals surface area contributed by atoms with Crippen molar-refractivity contribution in [2.45, 2.75) is 12.4 Å². The van der Waals surface area contributed by atoms with Crippen molar-refractivity contribution < 1.29 is 4.52 Å². The molecular formula is C12H9Cl2N3O. The molecule has 0 aliphatic heterocycles. The lowest BCUT2D eigenvalue weighted by Gasteiger charge is -2.04. The van der Waals surface area contributed by atoms with Crippen molar-refractivity contribution >= 4 is 34.2 Å². The van der Waals surface area contributed by atoms with Crippen LogP contribution < -0.4 is 0 Å². The molecule has 0 unspecified atom stereocenters. The number of hydrogen-bond acceptors (Lipinski definition) is 3. The van der Waals surface area contributed by atoms with Crippen LogP contribution in [0, 0.1) is 0 Å². The molecule has 3 aromatic rings. The zero-order valence-corrected chi connectivity index (χ0v) is 10.8. The number of halogens is 2. The van der Waals surface area contributed by atoms with Gasteiger partial charge in [0, 0.05) is 11.1 Å². The van der Waals surface area contributed by atoms with Crippen LogP contribution in [0.25, 0.3) is 11.0 Å². The monoisotopic (exact) mass is 281 g/mol. The molecule has 6 heteroatoms. The second kappa shape index (κ2) is 4.63. The number of hydrogen-bond donors (Lipinski definition) is 0. The van der Waals surface area contributed by atoms with Crippen LogP contribution in [0.5, 0.6) is 0 Å². The van der Waals surface area contributed by atoms with Gasteiger partial charge in [-0.25, -0.2) is 4.98 Å². The zero-order chi connectivity index (χ0) is 12.5. The van der Waals surface area contributed by atoms with E-state index in [9.17, 15) is 0 Å². The SMILES string of the molecule is ClCc1nc2ccc(Cl)cc2n1Cc1ccon1. The number of nitrogens with zero attached hydrogens (tertiary/aromatic N) is 3. The Morgan fingerprint density at radius 2 is 2.17 bits per heavy atom. The Balaban J connectivity index is 2.15. The fraction of sp³-hybridized carbons (Fsp3) is 0.167. The van der Waals surface area contributed by atoms with Gasteiger partial charge >= 0.3 is 0 Å². The number of aromatic nitrogens is 3. The van der Waals surface area contributed by atoms with E-state index in [1.165, 1.54) is 0 Å². The molecule has 0 aliphatic carbocycles. The first-order valence-electron chi connectivity index (χ1n) is 5.38. The molecule has 0 saturated carbocycles. The molecule has 0 amide bonds. The Morgan fingerprint density at radius 1 is 1.28 bits per heavy atom. The molecule has 1 aromatic carbocycles. The van der Waals surface area contributed by atoms with Crippen molar-refractivity contribution in [1.29, 1.82) is 0 Å². The maximum atomic E-state index is 6.02. The second-order valence-electron chi connectivity index (χ2n) is 3.87. The Labute approximate surface area is 113 Å². The minimum Gasteiger partial charge on any atom is -0.364 e. The van der Waals surface area contributed by atoms with Gasteiger partial charge < -0.3 is 9.09 Å². The number of imidazole rings is 1. The topological polar surface area (TPSA) is 43.9 Å². The largest absolute Gasteiger partial charge is 0.364 e. The first-order chi connectivity index (χ1) is 8.78. The van der Waals surface area contributed by atoms with E-state index in [2.05, 4.69) is 10.1 Å². The maximum Gasteiger partial charge on any atom is 0.125 e. The summed E-state index contributed by atoms with van der Waals surface area (Å²) in [6.45, 7) is 0.565. The lowest BCUT2D eigenvalue weighted by atomic mass is 10.3. The normalized spacial score (nSPS) is 11.2. The molecule has 0 atom stereocenters. The lowest BCUT2D eigenvalue weighted by Crippen LogP contribution is -2.03. The number of alkyl halides is 1. The fourth-order valence-corrected chi connectivity index (χ4v) is 2.28. The fourth-order valence-electron chi connectivity index (χ4n) is 1.91. The van der Waals surface area contributed by atoms with Gasteiger partial charge in [-0.2, -0.15) is 0 Å². The number of fused-ring (bicyclic) bond motifs is 1. The average Bonchev–Trinajstić information content (AvgIpc) is 2.98. The minimum absolute atomic E-state index is 0.337. The third-order valence-corrected chi connectivity index (χ3v) is 3.19. The van der Waals surface area contributed by atoms with Gasteiger partial charge in [-0.3, -0.25) is 0 Å². The first kappa shape index (κ1) is 11.6. The molecule has 0 N–H and O–H groups in total. The molecule has 0 spiro atoms. The van der Waals surface area contributed by atoms with Crippen molar-refractivity contribution in [2.75, 3.05) is 0 Å². The van der Waals surface area contributed by atoms with Gasteiger partial charge in [-0.1, -0.05) is 16.8 Å². The van der Waals surface area contributed by atoms with Gasteiger partial charge in [0.1, 0.15) is 17.8 Å². The van der Waals surface area contributed by atoms with Gasteiger partial charge in [0.05, 0.1) is 23.5 Å². The standard InChI is InChI=1S/C12H9Cl2N3O/c13-6-12-15-10-2-1-8(14)5-11(10)17(12)7-9-3-4-18-16-9/h1-5H,6-7H2. The number of rotatable bonds is 3. The quantitative estimate of drug-likeness (QED) is 0.691. The Bertz CT molecular complexity index is 676. The molecule has 4 nitrogen and oxygen atoms in total. The third-order valence-electron chi connectivity index (χ3n) is 2.72. The predicted octanol–water partition coefficient (Wildman–Crippen LogP) is 3.46. The van der Waals surface area contributed by atoms with Gasteiger partial charge in [-0.15, -0.1) is 11.6 Å². The summed E-state index contributed by atoms with van der Waals surface area (Å²) in [4.78, 5) is 4.47. The van der Waals surface area contributed by atoms with Crippen LogP contribution in [0.2, 0.25) is 5.02 Å². The van der Waals surface area contributed by atoms with Crippen LogP contribution in [-0.2, 0) is 12.4 Å². The first-order valence-corrected chi connectivity index (χ1v) is 6.29. The van der Waals surface area contributed by atoms with E-state index in [1.807, 2.05) is 28.8 Å². The van der Waals surface area contributed by atoms with Gasteiger partial charge in [-0.05, 0) is 18.2 Å². The van der Waals surface area contributed by atoms with Crippen molar-refractivity contribution in [1.82, 2.24) is 14.7 Å². The van der Waals surface area contributed by atoms with Gasteiger partial charge in [0.15, 0.2) is 0 Å². The molecule has 3 rings (SSSR count). The van der Waals surface area contributed by atoms with Crippen molar-refractivity contribution in [2.24, 2.45) is 0 Å². The molecule has 92 valence electrons. The van der Waals surface area contributed by atoms with Crippen molar-refractivity contribution in [3.8, 4) is 0 Å². The van der Waals surface area contributed by atoms with Gasteiger partial charge in [0.25, 0.3) is 0 Å². The Kier molecular flexibility index (Phi) is 2.97. The molecule has 0 saturated heterocycles. The minimum atomic E-state index is 0.337. The van der Waals surface area contributed by atoms with E-state index < -0.39 is 0 Å². The summed E-state index contributed by atoms with van der Waals surface area (Å²) in [6, 6.07) is 7.39. The Morgan fingerprint density at radius 3 is 2.89 bits per heavy atom. The molecular weight excluding hydrogens is 273 g/mol. The van der Waals surface area contributed by atoms with E-state index in [0.717, 1.165) is 22.6 Å². The summed E-state index contributed by atoms with van der Waals surface area (Å²) < 4.78 is 6.82. The van der Waals surface area contributed by atoms with E-state index in [-0.39, 0.29) is 0 Å². The van der Waals surface area contributed by atoms with Crippen LogP contribution in [0.1, 0.15) is 11.5 Å². The van der Waals surface area contributed by atoms with Crippen LogP contribution in [0.4, 0.5) is 0 Å². The summed E-state index contributed by atoms with van der Waals surface area (Å²) in [6.07, 6.45) is 1.54. The summed E-state index contributed by atoms with van der Waals surface area (Å²) in [5.41, 5.74) is 2.64. The highest BCUT2D eigenvalue weighted by atomic mass is 35.5. The van der Waals surface area contributed by atoms with E-state index in [1.54, 1.807) is 6.26 Å². The highest BCUT2D eigenvalue weighted by molar-refractivity contribution is 6.31. The van der Waals surface area contributed by atoms with Crippen LogP contribution >= 0.6 is 23.2 Å². The smallest absolute Gasteiger partial charge is 0.125 e. The predicted molar refractivity (Wildman–Crippen MR) is 69.9 cm³/mol. The average molecular weight is 282 g/mol. The molecule has 18 heavy (non-hydrogen) atoms. The van der Waals surface area contributed by atoms with Crippen molar-refractivity contribution in [3.05, 3.63) is 47.1 Å². The molecule has 0 aliphatic rings. The highest BCUT2D eigenvalue weighted by Crippen LogP contribution is 2.22. The third kappa shape index (κ3) is 1.98. The summed E-state index contributed by atoms with van der Waals surface area (Å²) in [7, 11) is 0. The summed E-state index contributed by atoms with van der Waals surface area (Å²) in [5.74, 6) is 1.13. The van der Waals surface area contributed by atoms with Gasteiger partial charge in [0.2, 0.25) is 0 Å². The lowest BCUT2D eigenvalue weighted by molar-refractivity contribution is 0.409. The highest BCUT2D eigenvalue weighted by Gasteiger charge is 2.11. The van der Waals surface area contributed by atoms with Crippen molar-refractivity contribution in [3.63, 3.8) is 0 Å². The molecule has 2 heterocycles. The Hall–Kier alpha value is -1.52. The zero-order valence-electron chi connectivity index (χ0n) is 9.31. The van der Waals surface area contributed by atoms with E-state index >= 15 is 0 Å². The van der Waals surface area contributed by atoms with Crippen LogP contribution in [0.15, 0.2) is 35.1 Å². The second-order valence-corrected chi connectivity index (χ2v) is 4.58. The van der Waals surface area contributed by atoms with Crippen LogP contribution in [0.3, 0.4) is 0 Å². The maximum absolute atomic E-state index is 6.02. The van der Waals surface area contributed by atoms with E-state index in [0.29, 0.717) is 17.4 Å². The van der Waals surface area contributed by atoms with Crippen LogP contribution in [-0.4, -0.2) is 14.7 Å².